The molecule has 20 heavy (non-hydrogen) atoms. The van der Waals surface area contributed by atoms with Crippen molar-refractivity contribution in [3.63, 3.8) is 0 Å². The summed E-state index contributed by atoms with van der Waals surface area (Å²) in [5.74, 6) is 0.496. The zero-order chi connectivity index (χ0) is 15.3. The Morgan fingerprint density at radius 1 is 1.25 bits per heavy atom. The molecule has 0 spiro atoms. The van der Waals surface area contributed by atoms with Crippen molar-refractivity contribution in [2.75, 3.05) is 19.5 Å². The number of benzene rings is 1. The van der Waals surface area contributed by atoms with Crippen LogP contribution in [-0.4, -0.2) is 31.2 Å². The fraction of sp³-hybridized carbons (Fsp3) is 0.385. The Bertz CT molecular complexity index is 504. The van der Waals surface area contributed by atoms with Crippen molar-refractivity contribution < 1.29 is 19.5 Å². The Balaban J connectivity index is 3.01. The lowest BCUT2D eigenvalue weighted by molar-refractivity contribution is -0.121. The molecule has 1 amide bonds. The average Bonchev–Trinajstić information content (AvgIpc) is 2.45. The van der Waals surface area contributed by atoms with Gasteiger partial charge < -0.3 is 25.7 Å². The van der Waals surface area contributed by atoms with E-state index >= 15 is 0 Å². The summed E-state index contributed by atoms with van der Waals surface area (Å²) in [6, 6.07) is 4.97. The monoisotopic (exact) mass is 281 g/mol. The number of rotatable bonds is 5. The quantitative estimate of drug-likeness (QED) is 0.327. The number of amides is 1. The minimum atomic E-state index is -1.15. The molecule has 0 aliphatic heterocycles. The molecule has 0 aliphatic rings. The van der Waals surface area contributed by atoms with Crippen molar-refractivity contribution in [2.45, 2.75) is 13.8 Å². The van der Waals surface area contributed by atoms with E-state index in [1.807, 2.05) is 0 Å². The summed E-state index contributed by atoms with van der Waals surface area (Å²) in [7, 11) is 3.03. The Labute approximate surface area is 117 Å². The first-order chi connectivity index (χ1) is 9.34. The van der Waals surface area contributed by atoms with Gasteiger partial charge in [0, 0.05) is 23.9 Å². The average molecular weight is 281 g/mol. The highest BCUT2D eigenvalue weighted by atomic mass is 16.5. The van der Waals surface area contributed by atoms with Crippen molar-refractivity contribution in [3.8, 4) is 11.5 Å². The van der Waals surface area contributed by atoms with Crippen LogP contribution in [0, 0.1) is 5.41 Å². The van der Waals surface area contributed by atoms with Crippen LogP contribution in [0.5, 0.6) is 11.5 Å². The van der Waals surface area contributed by atoms with Crippen LogP contribution >= 0.6 is 0 Å². The van der Waals surface area contributed by atoms with E-state index in [0.717, 1.165) is 0 Å². The van der Waals surface area contributed by atoms with E-state index in [4.69, 9.17) is 20.4 Å². The molecular weight excluding hydrogens is 262 g/mol. The normalized spacial score (nSPS) is 11.9. The number of carbonyl (C=O) groups is 1. The molecule has 0 saturated heterocycles. The largest absolute Gasteiger partial charge is 0.497 e. The highest BCUT2D eigenvalue weighted by molar-refractivity contribution is 6.11. The van der Waals surface area contributed by atoms with Gasteiger partial charge in [0.05, 0.1) is 14.2 Å². The van der Waals surface area contributed by atoms with Crippen LogP contribution in [0.3, 0.4) is 0 Å². The highest BCUT2D eigenvalue weighted by Gasteiger charge is 2.33. The molecule has 0 aromatic heterocycles. The number of nitrogens with zero attached hydrogens (tertiary/aromatic N) is 1. The molecule has 0 fully saturated rings. The van der Waals surface area contributed by atoms with Gasteiger partial charge in [-0.2, -0.15) is 0 Å². The first kappa shape index (κ1) is 15.6. The second-order valence-corrected chi connectivity index (χ2v) is 4.67. The number of carbonyl (C=O) groups excluding carboxylic acids is 1. The molecule has 0 radical (unpaired) electrons. The molecule has 0 bridgehead atoms. The summed E-state index contributed by atoms with van der Waals surface area (Å²) in [5.41, 5.74) is 4.85. The Morgan fingerprint density at radius 3 is 2.15 bits per heavy atom. The second kappa shape index (κ2) is 6.14. The van der Waals surface area contributed by atoms with Crippen molar-refractivity contribution in [2.24, 2.45) is 16.3 Å². The summed E-state index contributed by atoms with van der Waals surface area (Å²) in [5, 5.41) is 14.2. The van der Waals surface area contributed by atoms with Crippen LogP contribution in [-0.2, 0) is 4.79 Å². The standard InChI is InChI=1S/C13H19N3O4/c1-13(2,11(14)16-18)12(17)15-8-5-9(19-3)7-10(6-8)20-4/h5-7,18H,1-4H3,(H2,14,16)(H,15,17). The minimum absolute atomic E-state index is 0.176. The van der Waals surface area contributed by atoms with E-state index in [1.54, 1.807) is 32.0 Å². The lowest BCUT2D eigenvalue weighted by atomic mass is 9.91. The Hall–Kier alpha value is -2.44. The molecule has 7 heteroatoms. The zero-order valence-electron chi connectivity index (χ0n) is 11.9. The van der Waals surface area contributed by atoms with Crippen molar-refractivity contribution >= 4 is 17.4 Å². The van der Waals surface area contributed by atoms with E-state index in [1.165, 1.54) is 14.2 Å². The molecule has 1 rings (SSSR count). The Morgan fingerprint density at radius 2 is 1.75 bits per heavy atom. The maximum atomic E-state index is 12.2. The molecule has 4 N–H and O–H groups in total. The van der Waals surface area contributed by atoms with E-state index < -0.39 is 11.3 Å². The molecule has 0 heterocycles. The fourth-order valence-electron chi connectivity index (χ4n) is 1.41. The number of nitrogens with two attached hydrogens (primary N) is 1. The third-order valence-electron chi connectivity index (χ3n) is 2.93. The third kappa shape index (κ3) is 3.31. The van der Waals surface area contributed by atoms with Crippen LogP contribution in [0.25, 0.3) is 0 Å². The van der Waals surface area contributed by atoms with Gasteiger partial charge >= 0.3 is 0 Å². The molecule has 0 aliphatic carbocycles. The van der Waals surface area contributed by atoms with Crippen molar-refractivity contribution in [1.82, 2.24) is 0 Å². The number of anilines is 1. The van der Waals surface area contributed by atoms with Gasteiger partial charge in [-0.15, -0.1) is 0 Å². The summed E-state index contributed by atoms with van der Waals surface area (Å²) < 4.78 is 10.2. The molecule has 0 saturated carbocycles. The summed E-state index contributed by atoms with van der Waals surface area (Å²) in [4.78, 5) is 12.2. The van der Waals surface area contributed by atoms with E-state index in [2.05, 4.69) is 10.5 Å². The number of oxime groups is 1. The predicted octanol–water partition coefficient (Wildman–Crippen LogP) is 1.41. The summed E-state index contributed by atoms with van der Waals surface area (Å²) >= 11 is 0. The first-order valence-corrected chi connectivity index (χ1v) is 5.87. The molecule has 1 aromatic rings. The predicted molar refractivity (Wildman–Crippen MR) is 75.4 cm³/mol. The second-order valence-electron chi connectivity index (χ2n) is 4.67. The maximum absolute atomic E-state index is 12.2. The number of methoxy groups -OCH3 is 2. The van der Waals surface area contributed by atoms with Gasteiger partial charge in [0.15, 0.2) is 5.84 Å². The van der Waals surface area contributed by atoms with Gasteiger partial charge in [-0.1, -0.05) is 5.16 Å². The van der Waals surface area contributed by atoms with Crippen LogP contribution in [0.1, 0.15) is 13.8 Å². The molecular formula is C13H19N3O4. The first-order valence-electron chi connectivity index (χ1n) is 5.87. The van der Waals surface area contributed by atoms with Crippen LogP contribution < -0.4 is 20.5 Å². The van der Waals surface area contributed by atoms with Gasteiger partial charge in [-0.25, -0.2) is 0 Å². The summed E-state index contributed by atoms with van der Waals surface area (Å²) in [6.07, 6.45) is 0. The van der Waals surface area contributed by atoms with Crippen LogP contribution in [0.4, 0.5) is 5.69 Å². The lowest BCUT2D eigenvalue weighted by Gasteiger charge is -2.22. The Kier molecular flexibility index (Phi) is 4.79. The van der Waals surface area contributed by atoms with Crippen LogP contribution in [0.2, 0.25) is 0 Å². The lowest BCUT2D eigenvalue weighted by Crippen LogP contribution is -2.42. The number of hydrogen-bond donors (Lipinski definition) is 3. The summed E-state index contributed by atoms with van der Waals surface area (Å²) in [6.45, 7) is 3.10. The van der Waals surface area contributed by atoms with E-state index in [-0.39, 0.29) is 5.84 Å². The van der Waals surface area contributed by atoms with Crippen molar-refractivity contribution in [3.05, 3.63) is 18.2 Å². The van der Waals surface area contributed by atoms with Gasteiger partial charge in [0.25, 0.3) is 0 Å². The zero-order valence-corrected chi connectivity index (χ0v) is 11.9. The number of amidine groups is 1. The number of nitrogens with one attached hydrogen (secondary N) is 1. The topological polar surface area (TPSA) is 106 Å². The van der Waals surface area contributed by atoms with E-state index in [0.29, 0.717) is 17.2 Å². The number of hydrogen-bond acceptors (Lipinski definition) is 5. The van der Waals surface area contributed by atoms with Crippen molar-refractivity contribution in [1.29, 1.82) is 0 Å². The molecule has 0 unspecified atom stereocenters. The van der Waals surface area contributed by atoms with Gasteiger partial charge in [-0.05, 0) is 13.8 Å². The third-order valence-corrected chi connectivity index (χ3v) is 2.93. The fourth-order valence-corrected chi connectivity index (χ4v) is 1.41. The molecule has 7 nitrogen and oxygen atoms in total. The van der Waals surface area contributed by atoms with E-state index in [9.17, 15) is 4.79 Å². The van der Waals surface area contributed by atoms with Gasteiger partial charge in [0.2, 0.25) is 5.91 Å². The SMILES string of the molecule is COc1cc(NC(=O)C(C)(C)C(N)=NO)cc(OC)c1. The van der Waals surface area contributed by atoms with Gasteiger partial charge in [0.1, 0.15) is 16.9 Å². The molecule has 0 atom stereocenters. The maximum Gasteiger partial charge on any atom is 0.237 e. The van der Waals surface area contributed by atoms with Gasteiger partial charge in [-0.3, -0.25) is 4.79 Å². The molecule has 110 valence electrons. The highest BCUT2D eigenvalue weighted by Crippen LogP contribution is 2.27. The minimum Gasteiger partial charge on any atom is -0.497 e. The number of ether oxygens (including phenoxy) is 2. The van der Waals surface area contributed by atoms with Crippen LogP contribution in [0.15, 0.2) is 23.4 Å². The molecule has 1 aromatic carbocycles. The smallest absolute Gasteiger partial charge is 0.237 e.